The van der Waals surface area contributed by atoms with Gasteiger partial charge in [-0.3, -0.25) is 9.59 Å². The molecule has 29 heavy (non-hydrogen) atoms. The molecule has 0 aliphatic heterocycles. The number of methoxy groups -OCH3 is 1. The number of hydrogen-bond acceptors (Lipinski definition) is 4. The lowest BCUT2D eigenvalue weighted by molar-refractivity contribution is 0.102. The minimum atomic E-state index is -0.403. The highest BCUT2D eigenvalue weighted by Gasteiger charge is 2.17. The Labute approximate surface area is 166 Å². The first-order valence-corrected chi connectivity index (χ1v) is 8.94. The van der Waals surface area contributed by atoms with Crippen molar-refractivity contribution in [1.82, 2.24) is 14.8 Å². The molecule has 4 aromatic rings. The van der Waals surface area contributed by atoms with Gasteiger partial charge in [0, 0.05) is 23.5 Å². The van der Waals surface area contributed by atoms with Crippen LogP contribution in [0.25, 0.3) is 16.9 Å². The van der Waals surface area contributed by atoms with Crippen molar-refractivity contribution < 1.29 is 9.53 Å². The number of aromatic nitrogens is 3. The topological polar surface area (TPSA) is 89.0 Å². The summed E-state index contributed by atoms with van der Waals surface area (Å²) in [6.45, 7) is 0. The van der Waals surface area contributed by atoms with Gasteiger partial charge in [0.05, 0.1) is 18.5 Å². The highest BCUT2D eigenvalue weighted by molar-refractivity contribution is 6.03. The maximum Gasteiger partial charge on any atom is 0.276 e. The van der Waals surface area contributed by atoms with Gasteiger partial charge >= 0.3 is 0 Å². The van der Waals surface area contributed by atoms with Crippen LogP contribution in [0.4, 0.5) is 5.69 Å². The van der Waals surface area contributed by atoms with Gasteiger partial charge in [-0.15, -0.1) is 0 Å². The predicted molar refractivity (Wildman–Crippen MR) is 111 cm³/mol. The zero-order chi connectivity index (χ0) is 20.2. The highest BCUT2D eigenvalue weighted by Crippen LogP contribution is 2.25. The molecular weight excluding hydrogens is 368 g/mol. The molecule has 0 unspecified atom stereocenters. The largest absolute Gasteiger partial charge is 0.497 e. The third kappa shape index (κ3) is 3.93. The van der Waals surface area contributed by atoms with Crippen LogP contribution >= 0.6 is 0 Å². The molecule has 7 heteroatoms. The first-order valence-electron chi connectivity index (χ1n) is 8.94. The molecule has 0 fully saturated rings. The van der Waals surface area contributed by atoms with Crippen LogP contribution in [-0.2, 0) is 0 Å². The predicted octanol–water partition coefficient (Wildman–Crippen LogP) is 3.49. The van der Waals surface area contributed by atoms with Crippen LogP contribution < -0.4 is 15.6 Å². The molecule has 144 valence electrons. The summed E-state index contributed by atoms with van der Waals surface area (Å²) in [6, 6.07) is 21.8. The monoisotopic (exact) mass is 386 g/mol. The van der Waals surface area contributed by atoms with E-state index in [9.17, 15) is 9.59 Å². The van der Waals surface area contributed by atoms with E-state index in [2.05, 4.69) is 15.4 Å². The number of benzene rings is 2. The van der Waals surface area contributed by atoms with E-state index >= 15 is 0 Å². The fraction of sp³-hybridized carbons (Fsp3) is 0.0455. The van der Waals surface area contributed by atoms with Crippen molar-refractivity contribution >= 4 is 11.6 Å². The van der Waals surface area contributed by atoms with E-state index < -0.39 is 5.91 Å². The van der Waals surface area contributed by atoms with Gasteiger partial charge in [0.1, 0.15) is 5.75 Å². The molecule has 2 aromatic heterocycles. The zero-order valence-corrected chi connectivity index (χ0v) is 15.6. The molecule has 2 N–H and O–H groups in total. The number of aromatic amines is 1. The van der Waals surface area contributed by atoms with Crippen LogP contribution in [-0.4, -0.2) is 27.8 Å². The van der Waals surface area contributed by atoms with Crippen LogP contribution in [0.5, 0.6) is 5.75 Å². The molecule has 0 saturated carbocycles. The molecule has 4 rings (SSSR count). The van der Waals surface area contributed by atoms with Crippen molar-refractivity contribution in [3.63, 3.8) is 0 Å². The smallest absolute Gasteiger partial charge is 0.276 e. The fourth-order valence-corrected chi connectivity index (χ4v) is 2.94. The first kappa shape index (κ1) is 18.2. The second-order valence-electron chi connectivity index (χ2n) is 6.29. The molecular formula is C22H18N4O3. The zero-order valence-electron chi connectivity index (χ0n) is 15.6. The number of hydrogen-bond donors (Lipinski definition) is 2. The third-order valence-corrected chi connectivity index (χ3v) is 4.36. The molecule has 2 heterocycles. The van der Waals surface area contributed by atoms with Crippen LogP contribution in [0, 0.1) is 0 Å². The summed E-state index contributed by atoms with van der Waals surface area (Å²) < 4.78 is 6.93. The third-order valence-electron chi connectivity index (χ3n) is 4.36. The van der Waals surface area contributed by atoms with Gasteiger partial charge in [-0.05, 0) is 36.4 Å². The summed E-state index contributed by atoms with van der Waals surface area (Å²) in [5.74, 6) is 0.328. The Bertz CT molecular complexity index is 1190. The van der Waals surface area contributed by atoms with E-state index in [-0.39, 0.29) is 11.3 Å². The Morgan fingerprint density at radius 3 is 2.48 bits per heavy atom. The number of pyridine rings is 1. The number of rotatable bonds is 5. The minimum absolute atomic E-state index is 0.236. The van der Waals surface area contributed by atoms with E-state index in [1.54, 1.807) is 23.9 Å². The number of carbonyl (C=O) groups excluding carboxylic acids is 1. The number of anilines is 1. The molecule has 0 saturated heterocycles. The number of nitrogens with one attached hydrogen (secondary N) is 2. The first-order chi connectivity index (χ1) is 14.1. The fourth-order valence-electron chi connectivity index (χ4n) is 2.94. The van der Waals surface area contributed by atoms with E-state index in [1.807, 2.05) is 54.6 Å². The molecule has 0 radical (unpaired) electrons. The summed E-state index contributed by atoms with van der Waals surface area (Å²) >= 11 is 0. The van der Waals surface area contributed by atoms with E-state index in [0.717, 1.165) is 22.7 Å². The maximum absolute atomic E-state index is 12.7. The number of ether oxygens (including phenoxy) is 1. The number of H-pyrrole nitrogens is 1. The Kier molecular flexibility index (Phi) is 4.94. The lowest BCUT2D eigenvalue weighted by Gasteiger charge is -2.08. The molecule has 0 aliphatic rings. The molecule has 0 bridgehead atoms. The maximum atomic E-state index is 12.7. The SMILES string of the molecule is COc1ccc(-n2nc(C(=O)Nc3cc[nH]c(=O)c3)cc2-c2ccccc2)cc1. The lowest BCUT2D eigenvalue weighted by Crippen LogP contribution is -2.15. The molecule has 2 aromatic carbocycles. The summed E-state index contributed by atoms with van der Waals surface area (Å²) in [6.07, 6.45) is 1.48. The van der Waals surface area contributed by atoms with Crippen molar-refractivity contribution in [3.05, 3.63) is 95.0 Å². The van der Waals surface area contributed by atoms with Crippen LogP contribution in [0.1, 0.15) is 10.5 Å². The standard InChI is InChI=1S/C22H18N4O3/c1-29-18-9-7-17(8-10-18)26-20(15-5-3-2-4-6-15)14-19(25-26)22(28)24-16-11-12-23-21(27)13-16/h2-14H,1H3,(H2,23,24,27,28). The van der Waals surface area contributed by atoms with Crippen LogP contribution in [0.2, 0.25) is 0 Å². The quantitative estimate of drug-likeness (QED) is 0.549. The van der Waals surface area contributed by atoms with Gasteiger partial charge in [-0.25, -0.2) is 4.68 Å². The number of carbonyl (C=O) groups is 1. The Hall–Kier alpha value is -4.13. The summed E-state index contributed by atoms with van der Waals surface area (Å²) in [5, 5.41) is 7.21. The second-order valence-corrected chi connectivity index (χ2v) is 6.29. The Morgan fingerprint density at radius 2 is 1.79 bits per heavy atom. The van der Waals surface area contributed by atoms with Gasteiger partial charge in [-0.2, -0.15) is 5.10 Å². The molecule has 0 aliphatic carbocycles. The van der Waals surface area contributed by atoms with Crippen molar-refractivity contribution in [2.45, 2.75) is 0 Å². The second kappa shape index (κ2) is 7.85. The summed E-state index contributed by atoms with van der Waals surface area (Å²) in [4.78, 5) is 26.7. The van der Waals surface area contributed by atoms with Crippen LogP contribution in [0.15, 0.2) is 83.8 Å². The van der Waals surface area contributed by atoms with Crippen molar-refractivity contribution in [3.8, 4) is 22.7 Å². The summed E-state index contributed by atoms with van der Waals surface area (Å²) in [7, 11) is 1.61. The van der Waals surface area contributed by atoms with Crippen LogP contribution in [0.3, 0.4) is 0 Å². The van der Waals surface area contributed by atoms with Crippen molar-refractivity contribution in [2.24, 2.45) is 0 Å². The molecule has 7 nitrogen and oxygen atoms in total. The minimum Gasteiger partial charge on any atom is -0.497 e. The summed E-state index contributed by atoms with van der Waals surface area (Å²) in [5.41, 5.74) is 2.83. The van der Waals surface area contributed by atoms with Gasteiger partial charge < -0.3 is 15.0 Å². The van der Waals surface area contributed by atoms with E-state index in [1.165, 1.54) is 12.3 Å². The molecule has 0 spiro atoms. The van der Waals surface area contributed by atoms with Crippen molar-refractivity contribution in [2.75, 3.05) is 12.4 Å². The van der Waals surface area contributed by atoms with E-state index in [4.69, 9.17) is 4.74 Å². The average Bonchev–Trinajstić information content (AvgIpc) is 3.20. The van der Waals surface area contributed by atoms with Gasteiger partial charge in [0.2, 0.25) is 5.56 Å². The van der Waals surface area contributed by atoms with Crippen molar-refractivity contribution in [1.29, 1.82) is 0 Å². The average molecular weight is 386 g/mol. The number of amides is 1. The molecule has 1 amide bonds. The van der Waals surface area contributed by atoms with E-state index in [0.29, 0.717) is 5.69 Å². The Balaban J connectivity index is 1.74. The normalized spacial score (nSPS) is 10.5. The highest BCUT2D eigenvalue weighted by atomic mass is 16.5. The number of nitrogens with zero attached hydrogens (tertiary/aromatic N) is 2. The van der Waals surface area contributed by atoms with Gasteiger partial charge in [0.15, 0.2) is 5.69 Å². The Morgan fingerprint density at radius 1 is 1.03 bits per heavy atom. The van der Waals surface area contributed by atoms with Gasteiger partial charge in [-0.1, -0.05) is 30.3 Å². The lowest BCUT2D eigenvalue weighted by atomic mass is 10.1. The molecule has 0 atom stereocenters. The van der Waals surface area contributed by atoms with Gasteiger partial charge in [0.25, 0.3) is 5.91 Å².